The highest BCUT2D eigenvalue weighted by Gasteiger charge is 2.37. The van der Waals surface area contributed by atoms with Crippen molar-refractivity contribution in [3.8, 4) is 33.4 Å². The van der Waals surface area contributed by atoms with Gasteiger partial charge in [-0.25, -0.2) is 0 Å². The smallest absolute Gasteiger partial charge is 0.135 e. The summed E-state index contributed by atoms with van der Waals surface area (Å²) in [7, 11) is 0. The Bertz CT molecular complexity index is 2760. The van der Waals surface area contributed by atoms with E-state index in [2.05, 4.69) is 183 Å². The van der Waals surface area contributed by atoms with Gasteiger partial charge in [-0.3, -0.25) is 0 Å². The molecule has 9 aromatic rings. The first-order valence-corrected chi connectivity index (χ1v) is 17.7. The van der Waals surface area contributed by atoms with Gasteiger partial charge < -0.3 is 9.32 Å². The van der Waals surface area contributed by atoms with Crippen LogP contribution in [0.1, 0.15) is 25.0 Å². The van der Waals surface area contributed by atoms with Crippen LogP contribution in [0.2, 0.25) is 0 Å². The van der Waals surface area contributed by atoms with Gasteiger partial charge in [-0.1, -0.05) is 129 Å². The molecular formula is C49H35NO. The van der Waals surface area contributed by atoms with Crippen molar-refractivity contribution in [3.63, 3.8) is 0 Å². The Morgan fingerprint density at radius 3 is 1.78 bits per heavy atom. The SMILES string of the molecule is CC1(C)c2cc(-c3ccc(N(c4ccccc4)c4ccc5oc6ccccc6c5c4)cc3)ccc2-c2c1cc(-c1ccccc1)c1ccccc21. The molecule has 0 bridgehead atoms. The third kappa shape index (κ3) is 4.64. The normalized spacial score (nSPS) is 13.1. The van der Waals surface area contributed by atoms with E-state index in [-0.39, 0.29) is 5.41 Å². The third-order valence-electron chi connectivity index (χ3n) is 10.9. The fraction of sp³-hybridized carbons (Fsp3) is 0.0612. The van der Waals surface area contributed by atoms with Crippen LogP contribution in [0.15, 0.2) is 180 Å². The molecular weight excluding hydrogens is 619 g/mol. The largest absolute Gasteiger partial charge is 0.456 e. The number of anilines is 3. The zero-order chi connectivity index (χ0) is 34.1. The standard InChI is InChI=1S/C49H35NO/c1-49(2)44-29-34(23-27-41(44)48-40-19-10-9-17-38(40)42(31-45(48)49)33-13-5-3-6-14-33)32-21-24-36(25-22-32)50(35-15-7-4-8-16-35)37-26-28-47-43(30-37)39-18-11-12-20-46(39)51-47/h3-31H,1-2H3. The van der Waals surface area contributed by atoms with E-state index in [1.165, 1.54) is 55.3 Å². The van der Waals surface area contributed by atoms with Crippen molar-refractivity contribution in [2.24, 2.45) is 0 Å². The average Bonchev–Trinajstić information content (AvgIpc) is 3.67. The predicted molar refractivity (Wildman–Crippen MR) is 214 cm³/mol. The van der Waals surface area contributed by atoms with Crippen LogP contribution in [0, 0.1) is 0 Å². The van der Waals surface area contributed by atoms with Crippen LogP contribution in [0.25, 0.3) is 66.1 Å². The molecule has 242 valence electrons. The Morgan fingerprint density at radius 2 is 1.00 bits per heavy atom. The highest BCUT2D eigenvalue weighted by Crippen LogP contribution is 2.54. The van der Waals surface area contributed by atoms with Crippen molar-refractivity contribution in [1.82, 2.24) is 0 Å². The summed E-state index contributed by atoms with van der Waals surface area (Å²) in [5, 5.41) is 4.86. The second-order valence-electron chi connectivity index (χ2n) is 14.1. The van der Waals surface area contributed by atoms with Crippen molar-refractivity contribution in [2.75, 3.05) is 4.90 Å². The summed E-state index contributed by atoms with van der Waals surface area (Å²) < 4.78 is 6.16. The molecule has 0 fully saturated rings. The molecule has 0 N–H and O–H groups in total. The molecule has 1 aliphatic carbocycles. The second-order valence-corrected chi connectivity index (χ2v) is 14.1. The monoisotopic (exact) mass is 653 g/mol. The van der Waals surface area contributed by atoms with E-state index < -0.39 is 0 Å². The Kier molecular flexibility index (Phi) is 6.56. The fourth-order valence-corrected chi connectivity index (χ4v) is 8.30. The Morgan fingerprint density at radius 1 is 0.392 bits per heavy atom. The lowest BCUT2D eigenvalue weighted by molar-refractivity contribution is 0.661. The highest BCUT2D eigenvalue weighted by molar-refractivity contribution is 6.09. The number of nitrogens with zero attached hydrogens (tertiary/aromatic N) is 1. The van der Waals surface area contributed by atoms with Crippen LogP contribution < -0.4 is 4.90 Å². The van der Waals surface area contributed by atoms with Crippen LogP contribution in [-0.2, 0) is 5.41 Å². The minimum Gasteiger partial charge on any atom is -0.456 e. The molecule has 0 spiro atoms. The van der Waals surface area contributed by atoms with Gasteiger partial charge in [0.25, 0.3) is 0 Å². The highest BCUT2D eigenvalue weighted by atomic mass is 16.3. The van der Waals surface area contributed by atoms with Crippen LogP contribution in [0.5, 0.6) is 0 Å². The van der Waals surface area contributed by atoms with E-state index in [0.29, 0.717) is 0 Å². The number of fused-ring (bicyclic) bond motifs is 8. The maximum atomic E-state index is 6.16. The van der Waals surface area contributed by atoms with Gasteiger partial charge in [0, 0.05) is 33.2 Å². The minimum atomic E-state index is -0.145. The second kappa shape index (κ2) is 11.3. The topological polar surface area (TPSA) is 16.4 Å². The van der Waals surface area contributed by atoms with E-state index in [1.54, 1.807) is 0 Å². The number of furan rings is 1. The minimum absolute atomic E-state index is 0.145. The lowest BCUT2D eigenvalue weighted by Gasteiger charge is -2.26. The molecule has 1 aromatic heterocycles. The molecule has 0 saturated heterocycles. The molecule has 1 aliphatic rings. The summed E-state index contributed by atoms with van der Waals surface area (Å²) in [6, 6.07) is 63.6. The molecule has 0 radical (unpaired) electrons. The molecule has 0 saturated carbocycles. The van der Waals surface area contributed by atoms with Crippen LogP contribution in [-0.4, -0.2) is 0 Å². The van der Waals surface area contributed by atoms with Crippen molar-refractivity contribution < 1.29 is 4.42 Å². The Balaban J connectivity index is 1.06. The molecule has 0 amide bonds. The average molecular weight is 654 g/mol. The summed E-state index contributed by atoms with van der Waals surface area (Å²) in [4.78, 5) is 2.32. The Labute approximate surface area is 297 Å². The van der Waals surface area contributed by atoms with Gasteiger partial charge in [-0.2, -0.15) is 0 Å². The van der Waals surface area contributed by atoms with Gasteiger partial charge in [0.15, 0.2) is 0 Å². The lowest BCUT2D eigenvalue weighted by atomic mass is 9.80. The molecule has 8 aromatic carbocycles. The molecule has 2 heteroatoms. The summed E-state index contributed by atoms with van der Waals surface area (Å²) >= 11 is 0. The number of benzene rings is 8. The molecule has 51 heavy (non-hydrogen) atoms. The van der Waals surface area contributed by atoms with Gasteiger partial charge in [-0.05, 0) is 116 Å². The van der Waals surface area contributed by atoms with Crippen LogP contribution in [0.4, 0.5) is 17.1 Å². The van der Waals surface area contributed by atoms with Crippen molar-refractivity contribution >= 4 is 49.8 Å². The number of para-hydroxylation sites is 2. The van der Waals surface area contributed by atoms with Gasteiger partial charge in [0.1, 0.15) is 11.2 Å². The lowest BCUT2D eigenvalue weighted by Crippen LogP contribution is -2.15. The fourth-order valence-electron chi connectivity index (χ4n) is 8.30. The molecule has 1 heterocycles. The predicted octanol–water partition coefficient (Wildman–Crippen LogP) is 13.8. The molecule has 10 rings (SSSR count). The van der Waals surface area contributed by atoms with Crippen molar-refractivity contribution in [3.05, 3.63) is 187 Å². The van der Waals surface area contributed by atoms with E-state index in [0.717, 1.165) is 39.0 Å². The van der Waals surface area contributed by atoms with Gasteiger partial charge in [0.05, 0.1) is 0 Å². The molecule has 0 aliphatic heterocycles. The van der Waals surface area contributed by atoms with Crippen LogP contribution >= 0.6 is 0 Å². The first kappa shape index (κ1) is 29.5. The Hall–Kier alpha value is -6.38. The first-order chi connectivity index (χ1) is 25.0. The van der Waals surface area contributed by atoms with E-state index in [1.807, 2.05) is 12.1 Å². The number of hydrogen-bond donors (Lipinski definition) is 0. The molecule has 0 unspecified atom stereocenters. The van der Waals surface area contributed by atoms with Crippen molar-refractivity contribution in [1.29, 1.82) is 0 Å². The van der Waals surface area contributed by atoms with Gasteiger partial charge >= 0.3 is 0 Å². The van der Waals surface area contributed by atoms with Crippen LogP contribution in [0.3, 0.4) is 0 Å². The molecule has 2 nitrogen and oxygen atoms in total. The van der Waals surface area contributed by atoms with Gasteiger partial charge in [0.2, 0.25) is 0 Å². The number of rotatable bonds is 5. The third-order valence-corrected chi connectivity index (χ3v) is 10.9. The maximum Gasteiger partial charge on any atom is 0.135 e. The van der Waals surface area contributed by atoms with Gasteiger partial charge in [-0.15, -0.1) is 0 Å². The zero-order valence-electron chi connectivity index (χ0n) is 28.6. The number of hydrogen-bond acceptors (Lipinski definition) is 2. The van der Waals surface area contributed by atoms with E-state index in [4.69, 9.17) is 4.42 Å². The zero-order valence-corrected chi connectivity index (χ0v) is 28.6. The summed E-state index contributed by atoms with van der Waals surface area (Å²) in [6.45, 7) is 4.76. The molecule has 0 atom stereocenters. The first-order valence-electron chi connectivity index (χ1n) is 17.7. The van der Waals surface area contributed by atoms with E-state index in [9.17, 15) is 0 Å². The summed E-state index contributed by atoms with van der Waals surface area (Å²) in [5.74, 6) is 0. The summed E-state index contributed by atoms with van der Waals surface area (Å²) in [5.41, 5.74) is 15.4. The summed E-state index contributed by atoms with van der Waals surface area (Å²) in [6.07, 6.45) is 0. The van der Waals surface area contributed by atoms with Crippen molar-refractivity contribution in [2.45, 2.75) is 19.3 Å². The van der Waals surface area contributed by atoms with E-state index >= 15 is 0 Å². The quantitative estimate of drug-likeness (QED) is 0.184. The maximum absolute atomic E-state index is 6.16.